The number of nitrogens with one attached hydrogen (secondary N) is 1. The predicted molar refractivity (Wildman–Crippen MR) is 68.5 cm³/mol. The van der Waals surface area contributed by atoms with Gasteiger partial charge in [-0.1, -0.05) is 5.16 Å². The Morgan fingerprint density at radius 2 is 2.00 bits per heavy atom. The molecule has 0 atom stereocenters. The minimum Gasteiger partial charge on any atom is -0.339 e. The molecule has 5 nitrogen and oxygen atoms in total. The smallest absolute Gasteiger partial charge is 0.227 e. The summed E-state index contributed by atoms with van der Waals surface area (Å²) in [5.41, 5.74) is 0. The highest BCUT2D eigenvalue weighted by Gasteiger charge is 2.21. The standard InChI is InChI=1S/C13H22N4O/c1-2-9-17(8-1)10-5-12-15-13(16-18-12)11-3-6-14-7-4-11/h11,14H,1-10H2. The van der Waals surface area contributed by atoms with Crippen LogP contribution < -0.4 is 5.32 Å². The molecule has 0 aromatic carbocycles. The van der Waals surface area contributed by atoms with Crippen molar-refractivity contribution in [3.63, 3.8) is 0 Å². The van der Waals surface area contributed by atoms with E-state index in [1.54, 1.807) is 0 Å². The Bertz CT molecular complexity index is 367. The average molecular weight is 250 g/mol. The van der Waals surface area contributed by atoms with Gasteiger partial charge in [0.15, 0.2) is 5.82 Å². The molecule has 18 heavy (non-hydrogen) atoms. The first-order valence-corrected chi connectivity index (χ1v) is 7.17. The van der Waals surface area contributed by atoms with E-state index in [1.165, 1.54) is 25.9 Å². The van der Waals surface area contributed by atoms with Crippen molar-refractivity contribution in [2.75, 3.05) is 32.7 Å². The normalized spacial score (nSPS) is 22.7. The highest BCUT2D eigenvalue weighted by Crippen LogP contribution is 2.22. The quantitative estimate of drug-likeness (QED) is 0.869. The zero-order chi connectivity index (χ0) is 12.2. The van der Waals surface area contributed by atoms with Crippen molar-refractivity contribution in [1.29, 1.82) is 0 Å². The summed E-state index contributed by atoms with van der Waals surface area (Å²) in [5.74, 6) is 2.24. The fourth-order valence-electron chi connectivity index (χ4n) is 2.88. The Hall–Kier alpha value is -0.940. The van der Waals surface area contributed by atoms with Gasteiger partial charge in [-0.15, -0.1) is 0 Å². The number of rotatable bonds is 4. The summed E-state index contributed by atoms with van der Waals surface area (Å²) < 4.78 is 5.37. The first-order valence-electron chi connectivity index (χ1n) is 7.17. The third-order valence-corrected chi connectivity index (χ3v) is 4.03. The number of hydrogen-bond acceptors (Lipinski definition) is 5. The Labute approximate surface area is 108 Å². The highest BCUT2D eigenvalue weighted by atomic mass is 16.5. The Morgan fingerprint density at radius 3 is 2.78 bits per heavy atom. The third kappa shape index (κ3) is 2.90. The first kappa shape index (κ1) is 12.1. The summed E-state index contributed by atoms with van der Waals surface area (Å²) in [6.45, 7) is 5.67. The van der Waals surface area contributed by atoms with Gasteiger partial charge in [-0.3, -0.25) is 0 Å². The number of likely N-dealkylation sites (tertiary alicyclic amines) is 1. The molecule has 2 aliphatic heterocycles. The van der Waals surface area contributed by atoms with E-state index in [0.717, 1.165) is 50.6 Å². The Balaban J connectivity index is 1.52. The molecule has 3 heterocycles. The van der Waals surface area contributed by atoms with Gasteiger partial charge in [-0.05, 0) is 51.9 Å². The molecule has 0 bridgehead atoms. The second-order valence-electron chi connectivity index (χ2n) is 5.37. The lowest BCUT2D eigenvalue weighted by atomic mass is 9.98. The predicted octanol–water partition coefficient (Wildman–Crippen LogP) is 1.17. The molecule has 0 unspecified atom stereocenters. The van der Waals surface area contributed by atoms with Gasteiger partial charge in [0.25, 0.3) is 0 Å². The van der Waals surface area contributed by atoms with Crippen LogP contribution in [0.4, 0.5) is 0 Å². The first-order chi connectivity index (χ1) is 8.92. The lowest BCUT2D eigenvalue weighted by Crippen LogP contribution is -2.27. The van der Waals surface area contributed by atoms with E-state index in [-0.39, 0.29) is 0 Å². The van der Waals surface area contributed by atoms with Crippen molar-refractivity contribution in [3.05, 3.63) is 11.7 Å². The third-order valence-electron chi connectivity index (χ3n) is 4.03. The van der Waals surface area contributed by atoms with E-state index in [9.17, 15) is 0 Å². The van der Waals surface area contributed by atoms with Gasteiger partial charge < -0.3 is 14.7 Å². The van der Waals surface area contributed by atoms with Crippen molar-refractivity contribution in [2.45, 2.75) is 38.0 Å². The van der Waals surface area contributed by atoms with E-state index >= 15 is 0 Å². The molecule has 3 rings (SSSR count). The molecule has 0 aliphatic carbocycles. The molecule has 5 heteroatoms. The van der Waals surface area contributed by atoms with Crippen LogP contribution in [0.5, 0.6) is 0 Å². The summed E-state index contributed by atoms with van der Waals surface area (Å²) in [4.78, 5) is 7.04. The molecule has 0 amide bonds. The second-order valence-corrected chi connectivity index (χ2v) is 5.37. The van der Waals surface area contributed by atoms with E-state index in [4.69, 9.17) is 4.52 Å². The molecular formula is C13H22N4O. The number of aromatic nitrogens is 2. The number of piperidine rings is 1. The lowest BCUT2D eigenvalue weighted by Gasteiger charge is -2.19. The minimum absolute atomic E-state index is 0.496. The maximum atomic E-state index is 5.37. The monoisotopic (exact) mass is 250 g/mol. The van der Waals surface area contributed by atoms with E-state index in [0.29, 0.717) is 5.92 Å². The maximum Gasteiger partial charge on any atom is 0.227 e. The topological polar surface area (TPSA) is 54.2 Å². The summed E-state index contributed by atoms with van der Waals surface area (Å²) >= 11 is 0. The molecule has 1 N–H and O–H groups in total. The van der Waals surface area contributed by atoms with Crippen LogP contribution in [0.1, 0.15) is 43.3 Å². The van der Waals surface area contributed by atoms with Gasteiger partial charge in [-0.2, -0.15) is 4.98 Å². The van der Waals surface area contributed by atoms with Gasteiger partial charge in [0.1, 0.15) is 0 Å². The van der Waals surface area contributed by atoms with E-state index in [1.807, 2.05) is 0 Å². The van der Waals surface area contributed by atoms with Gasteiger partial charge in [-0.25, -0.2) is 0 Å². The van der Waals surface area contributed by atoms with Gasteiger partial charge >= 0.3 is 0 Å². The highest BCUT2D eigenvalue weighted by molar-refractivity contribution is 4.98. The Morgan fingerprint density at radius 1 is 1.22 bits per heavy atom. The molecule has 1 aromatic heterocycles. The molecular weight excluding hydrogens is 228 g/mol. The molecule has 0 spiro atoms. The van der Waals surface area contributed by atoms with Crippen LogP contribution in [0.25, 0.3) is 0 Å². The van der Waals surface area contributed by atoms with E-state index < -0.39 is 0 Å². The van der Waals surface area contributed by atoms with Crippen molar-refractivity contribution in [2.24, 2.45) is 0 Å². The van der Waals surface area contributed by atoms with Gasteiger partial charge in [0, 0.05) is 18.9 Å². The van der Waals surface area contributed by atoms with Crippen LogP contribution in [0.15, 0.2) is 4.52 Å². The second kappa shape index (κ2) is 5.80. The molecule has 0 saturated carbocycles. The lowest BCUT2D eigenvalue weighted by molar-refractivity contribution is 0.309. The largest absolute Gasteiger partial charge is 0.339 e. The van der Waals surface area contributed by atoms with Crippen LogP contribution in [0.2, 0.25) is 0 Å². The zero-order valence-corrected chi connectivity index (χ0v) is 10.9. The summed E-state index contributed by atoms with van der Waals surface area (Å²) in [6, 6.07) is 0. The molecule has 2 aliphatic rings. The fraction of sp³-hybridized carbons (Fsp3) is 0.846. The average Bonchev–Trinajstić information content (AvgIpc) is 3.09. The Kier molecular flexibility index (Phi) is 3.90. The molecule has 2 saturated heterocycles. The number of nitrogens with zero attached hydrogens (tertiary/aromatic N) is 3. The molecule has 1 aromatic rings. The SMILES string of the molecule is C1CCN(CCc2nc(C3CCNCC3)no2)C1. The summed E-state index contributed by atoms with van der Waals surface area (Å²) in [5, 5.41) is 7.51. The maximum absolute atomic E-state index is 5.37. The van der Waals surface area contributed by atoms with Crippen LogP contribution in [0, 0.1) is 0 Å². The van der Waals surface area contributed by atoms with Crippen molar-refractivity contribution in [1.82, 2.24) is 20.4 Å². The van der Waals surface area contributed by atoms with Crippen LogP contribution in [-0.4, -0.2) is 47.8 Å². The zero-order valence-electron chi connectivity index (χ0n) is 10.9. The van der Waals surface area contributed by atoms with Crippen LogP contribution in [0.3, 0.4) is 0 Å². The fourth-order valence-corrected chi connectivity index (χ4v) is 2.88. The summed E-state index contributed by atoms with van der Waals surface area (Å²) in [7, 11) is 0. The van der Waals surface area contributed by atoms with Crippen molar-refractivity contribution in [3.8, 4) is 0 Å². The molecule has 2 fully saturated rings. The van der Waals surface area contributed by atoms with E-state index in [2.05, 4.69) is 20.4 Å². The molecule has 0 radical (unpaired) electrons. The summed E-state index contributed by atoms with van der Waals surface area (Å²) in [6.07, 6.45) is 5.84. The number of hydrogen-bond donors (Lipinski definition) is 1. The molecule has 100 valence electrons. The van der Waals surface area contributed by atoms with Crippen LogP contribution >= 0.6 is 0 Å². The van der Waals surface area contributed by atoms with Crippen molar-refractivity contribution < 1.29 is 4.52 Å². The minimum atomic E-state index is 0.496. The van der Waals surface area contributed by atoms with Gasteiger partial charge in [0.05, 0.1) is 0 Å². The van der Waals surface area contributed by atoms with Crippen molar-refractivity contribution >= 4 is 0 Å². The van der Waals surface area contributed by atoms with Gasteiger partial charge in [0.2, 0.25) is 5.89 Å². The van der Waals surface area contributed by atoms with Crippen LogP contribution in [-0.2, 0) is 6.42 Å².